The molecule has 1 amide bonds. The molecule has 0 aliphatic carbocycles. The van der Waals surface area contributed by atoms with Crippen molar-refractivity contribution in [2.45, 2.75) is 12.5 Å². The largest absolute Gasteiger partial charge is 0.375 e. The Morgan fingerprint density at radius 3 is 2.78 bits per heavy atom. The van der Waals surface area contributed by atoms with E-state index in [4.69, 9.17) is 0 Å². The Hall–Kier alpha value is -2.96. The molecule has 0 bridgehead atoms. The molecule has 0 spiro atoms. The summed E-state index contributed by atoms with van der Waals surface area (Å²) in [4.78, 5) is 28.8. The maximum Gasteiger partial charge on any atom is 0.292 e. The minimum absolute atomic E-state index is 0.0104. The molecule has 2 aromatic rings. The van der Waals surface area contributed by atoms with E-state index in [0.29, 0.717) is 24.5 Å². The van der Waals surface area contributed by atoms with E-state index in [1.165, 1.54) is 6.07 Å². The Bertz CT molecular complexity index is 720. The number of hydrogen-bond donors (Lipinski definition) is 1. The first-order chi connectivity index (χ1) is 11.1. The third-order valence-electron chi connectivity index (χ3n) is 3.82. The summed E-state index contributed by atoms with van der Waals surface area (Å²) in [6.07, 6.45) is 2.33. The second-order valence-electron chi connectivity index (χ2n) is 5.37. The zero-order valence-electron chi connectivity index (χ0n) is 12.4. The third kappa shape index (κ3) is 3.28. The highest BCUT2D eigenvalue weighted by Crippen LogP contribution is 2.26. The van der Waals surface area contributed by atoms with Gasteiger partial charge in [0, 0.05) is 31.4 Å². The van der Waals surface area contributed by atoms with Crippen molar-refractivity contribution in [3.8, 4) is 0 Å². The highest BCUT2D eigenvalue weighted by Gasteiger charge is 2.28. The van der Waals surface area contributed by atoms with Gasteiger partial charge in [0.2, 0.25) is 0 Å². The first-order valence-electron chi connectivity index (χ1n) is 7.35. The number of carbonyl (C=O) groups is 1. The van der Waals surface area contributed by atoms with E-state index in [-0.39, 0.29) is 17.6 Å². The molecule has 0 saturated carbocycles. The van der Waals surface area contributed by atoms with Crippen molar-refractivity contribution < 1.29 is 9.72 Å². The lowest BCUT2D eigenvalue weighted by Crippen LogP contribution is -2.32. The molecule has 1 aliphatic rings. The van der Waals surface area contributed by atoms with Crippen LogP contribution in [0.25, 0.3) is 0 Å². The number of nitro groups is 1. The average molecular weight is 312 g/mol. The van der Waals surface area contributed by atoms with Crippen LogP contribution < -0.4 is 5.32 Å². The molecule has 1 fully saturated rings. The predicted molar refractivity (Wildman–Crippen MR) is 85.3 cm³/mol. The zero-order valence-corrected chi connectivity index (χ0v) is 12.4. The van der Waals surface area contributed by atoms with E-state index in [1.54, 1.807) is 47.5 Å². The van der Waals surface area contributed by atoms with Crippen LogP contribution in [0.1, 0.15) is 16.9 Å². The molecule has 1 aliphatic heterocycles. The Labute approximate surface area is 133 Å². The summed E-state index contributed by atoms with van der Waals surface area (Å²) in [5, 5.41) is 14.2. The van der Waals surface area contributed by atoms with E-state index >= 15 is 0 Å². The van der Waals surface area contributed by atoms with Crippen LogP contribution in [0.2, 0.25) is 0 Å². The third-order valence-corrected chi connectivity index (χ3v) is 3.82. The SMILES string of the molecule is O=C(c1ccccn1)N1CC[C@@H](Nc2ccccc2[N+](=O)[O-])C1. The molecule has 1 saturated heterocycles. The second-order valence-corrected chi connectivity index (χ2v) is 5.37. The quantitative estimate of drug-likeness (QED) is 0.691. The van der Waals surface area contributed by atoms with Crippen molar-refractivity contribution in [1.29, 1.82) is 0 Å². The summed E-state index contributed by atoms with van der Waals surface area (Å²) < 4.78 is 0. The van der Waals surface area contributed by atoms with Gasteiger partial charge in [-0.15, -0.1) is 0 Å². The van der Waals surface area contributed by atoms with Crippen molar-refractivity contribution in [3.63, 3.8) is 0 Å². The number of aromatic nitrogens is 1. The molecule has 0 unspecified atom stereocenters. The van der Waals surface area contributed by atoms with Gasteiger partial charge in [-0.2, -0.15) is 0 Å². The standard InChI is InChI=1S/C16H16N4O3/c21-16(14-6-3-4-9-17-14)19-10-8-12(11-19)18-13-5-1-2-7-15(13)20(22)23/h1-7,9,12,18H,8,10-11H2/t12-/m1/s1. The number of anilines is 1. The topological polar surface area (TPSA) is 88.4 Å². The van der Waals surface area contributed by atoms with E-state index in [9.17, 15) is 14.9 Å². The Kier molecular flexibility index (Phi) is 4.18. The maximum absolute atomic E-state index is 12.3. The lowest BCUT2D eigenvalue weighted by molar-refractivity contribution is -0.384. The number of para-hydroxylation sites is 2. The Morgan fingerprint density at radius 2 is 2.04 bits per heavy atom. The van der Waals surface area contributed by atoms with Gasteiger partial charge in [0.05, 0.1) is 4.92 Å². The first-order valence-corrected chi connectivity index (χ1v) is 7.35. The molecule has 118 valence electrons. The number of nitro benzene ring substituents is 1. The number of amides is 1. The minimum atomic E-state index is -0.409. The van der Waals surface area contributed by atoms with Gasteiger partial charge >= 0.3 is 0 Å². The summed E-state index contributed by atoms with van der Waals surface area (Å²) in [5.41, 5.74) is 0.940. The fraction of sp³-hybridized carbons (Fsp3) is 0.250. The molecule has 7 nitrogen and oxygen atoms in total. The van der Waals surface area contributed by atoms with Crippen molar-refractivity contribution in [3.05, 3.63) is 64.5 Å². The molecular weight excluding hydrogens is 296 g/mol. The molecule has 1 aromatic carbocycles. The minimum Gasteiger partial charge on any atom is -0.375 e. The number of nitrogens with one attached hydrogen (secondary N) is 1. The van der Waals surface area contributed by atoms with Gasteiger partial charge in [-0.05, 0) is 24.6 Å². The number of rotatable bonds is 4. The van der Waals surface area contributed by atoms with Crippen LogP contribution in [-0.4, -0.2) is 39.8 Å². The summed E-state index contributed by atoms with van der Waals surface area (Å²) >= 11 is 0. The van der Waals surface area contributed by atoms with Gasteiger partial charge < -0.3 is 10.2 Å². The van der Waals surface area contributed by atoms with Crippen LogP contribution in [0, 0.1) is 10.1 Å². The molecule has 3 rings (SSSR count). The summed E-state index contributed by atoms with van der Waals surface area (Å²) in [5.74, 6) is -0.113. The van der Waals surface area contributed by atoms with E-state index in [0.717, 1.165) is 6.42 Å². The van der Waals surface area contributed by atoms with E-state index in [2.05, 4.69) is 10.3 Å². The van der Waals surface area contributed by atoms with Crippen LogP contribution >= 0.6 is 0 Å². The van der Waals surface area contributed by atoms with E-state index < -0.39 is 4.92 Å². The molecule has 0 radical (unpaired) electrons. The molecule has 1 N–H and O–H groups in total. The first kappa shape index (κ1) is 15.0. The fourth-order valence-electron chi connectivity index (χ4n) is 2.69. The molecule has 1 atom stereocenters. The Balaban J connectivity index is 1.67. The van der Waals surface area contributed by atoms with Crippen molar-refractivity contribution >= 4 is 17.3 Å². The average Bonchev–Trinajstić information content (AvgIpc) is 3.04. The lowest BCUT2D eigenvalue weighted by atomic mass is 10.2. The number of carbonyl (C=O) groups excluding carboxylic acids is 1. The monoisotopic (exact) mass is 312 g/mol. The van der Waals surface area contributed by atoms with Gasteiger partial charge in [-0.3, -0.25) is 19.9 Å². The van der Waals surface area contributed by atoms with E-state index in [1.807, 2.05) is 0 Å². The van der Waals surface area contributed by atoms with Gasteiger partial charge in [0.1, 0.15) is 11.4 Å². The van der Waals surface area contributed by atoms with Gasteiger partial charge in [0.25, 0.3) is 11.6 Å². The number of pyridine rings is 1. The molecule has 2 heterocycles. The van der Waals surface area contributed by atoms with Crippen molar-refractivity contribution in [2.75, 3.05) is 18.4 Å². The predicted octanol–water partition coefficient (Wildman–Crippen LogP) is 2.32. The van der Waals surface area contributed by atoms with Crippen LogP contribution in [-0.2, 0) is 0 Å². The lowest BCUT2D eigenvalue weighted by Gasteiger charge is -2.17. The molecule has 23 heavy (non-hydrogen) atoms. The number of nitrogens with zero attached hydrogens (tertiary/aromatic N) is 3. The van der Waals surface area contributed by atoms with Crippen LogP contribution in [0.15, 0.2) is 48.7 Å². The fourth-order valence-corrected chi connectivity index (χ4v) is 2.69. The zero-order chi connectivity index (χ0) is 16.2. The number of hydrogen-bond acceptors (Lipinski definition) is 5. The molecule has 1 aromatic heterocycles. The summed E-state index contributed by atoms with van der Waals surface area (Å²) in [7, 11) is 0. The van der Waals surface area contributed by atoms with Crippen molar-refractivity contribution in [1.82, 2.24) is 9.88 Å². The summed E-state index contributed by atoms with van der Waals surface area (Å²) in [6, 6.07) is 11.7. The van der Waals surface area contributed by atoms with Gasteiger partial charge in [-0.1, -0.05) is 18.2 Å². The highest BCUT2D eigenvalue weighted by molar-refractivity contribution is 5.92. The van der Waals surface area contributed by atoms with Crippen LogP contribution in [0.5, 0.6) is 0 Å². The van der Waals surface area contributed by atoms with Crippen molar-refractivity contribution in [2.24, 2.45) is 0 Å². The van der Waals surface area contributed by atoms with Crippen LogP contribution in [0.4, 0.5) is 11.4 Å². The Morgan fingerprint density at radius 1 is 1.26 bits per heavy atom. The highest BCUT2D eigenvalue weighted by atomic mass is 16.6. The summed E-state index contributed by atoms with van der Waals surface area (Å²) in [6.45, 7) is 1.11. The smallest absolute Gasteiger partial charge is 0.292 e. The normalized spacial score (nSPS) is 17.0. The maximum atomic E-state index is 12.3. The van der Waals surface area contributed by atoms with Gasteiger partial charge in [-0.25, -0.2) is 0 Å². The molecular formula is C16H16N4O3. The number of benzene rings is 1. The van der Waals surface area contributed by atoms with Crippen LogP contribution in [0.3, 0.4) is 0 Å². The second kappa shape index (κ2) is 6.43. The molecule has 7 heteroatoms. The number of likely N-dealkylation sites (tertiary alicyclic amines) is 1. The van der Waals surface area contributed by atoms with Gasteiger partial charge in [0.15, 0.2) is 0 Å².